The molecule has 0 saturated heterocycles. The second kappa shape index (κ2) is 51.8. The number of carbonyl (C=O) groups excluding carboxylic acids is 3. The summed E-state index contributed by atoms with van der Waals surface area (Å²) in [5.41, 5.74) is 0. The molecule has 0 spiro atoms. The van der Waals surface area contributed by atoms with Crippen molar-refractivity contribution in [3.8, 4) is 0 Å². The molecule has 6 nitrogen and oxygen atoms in total. The summed E-state index contributed by atoms with van der Waals surface area (Å²) in [4.78, 5) is 38.0. The Bertz CT molecular complexity index is 962. The van der Waals surface area contributed by atoms with E-state index in [0.29, 0.717) is 19.3 Å². The first-order valence-electron chi connectivity index (χ1n) is 27.7. The zero-order chi connectivity index (χ0) is 45.1. The predicted octanol–water partition coefficient (Wildman–Crippen LogP) is 18.2. The minimum absolute atomic E-state index is 0.0676. The van der Waals surface area contributed by atoms with E-state index in [1.807, 2.05) is 0 Å². The third-order valence-corrected chi connectivity index (χ3v) is 12.5. The lowest BCUT2D eigenvalue weighted by Gasteiger charge is -2.18. The molecule has 62 heavy (non-hydrogen) atoms. The van der Waals surface area contributed by atoms with Crippen LogP contribution in [0.2, 0.25) is 0 Å². The molecular weight excluding hydrogens is 769 g/mol. The first-order valence-corrected chi connectivity index (χ1v) is 27.7. The van der Waals surface area contributed by atoms with Crippen LogP contribution in [-0.2, 0) is 28.6 Å². The monoisotopic (exact) mass is 875 g/mol. The minimum atomic E-state index is -0.768. The Kier molecular flexibility index (Phi) is 50.2. The Labute approximate surface area is 386 Å². The van der Waals surface area contributed by atoms with Crippen molar-refractivity contribution >= 4 is 17.9 Å². The molecule has 0 aliphatic heterocycles. The van der Waals surface area contributed by atoms with E-state index < -0.39 is 6.10 Å². The minimum Gasteiger partial charge on any atom is -0.462 e. The van der Waals surface area contributed by atoms with Crippen molar-refractivity contribution in [2.24, 2.45) is 0 Å². The lowest BCUT2D eigenvalue weighted by molar-refractivity contribution is -0.167. The van der Waals surface area contributed by atoms with E-state index >= 15 is 0 Å². The fourth-order valence-corrected chi connectivity index (χ4v) is 8.32. The SMILES string of the molecule is CCCCCCC/C=C/CCCCCCCC(=O)O[C@H](COC(=O)CCCCCCCCCCCCCCC)COC(=O)CCCCCCCCCCCCCCCCCCC. The third kappa shape index (κ3) is 49.2. The van der Waals surface area contributed by atoms with E-state index in [1.54, 1.807) is 0 Å². The van der Waals surface area contributed by atoms with Crippen LogP contribution in [-0.4, -0.2) is 37.2 Å². The van der Waals surface area contributed by atoms with Crippen molar-refractivity contribution in [2.75, 3.05) is 13.2 Å². The van der Waals surface area contributed by atoms with Gasteiger partial charge in [-0.1, -0.05) is 258 Å². The summed E-state index contributed by atoms with van der Waals surface area (Å²) in [7, 11) is 0. The molecule has 0 aliphatic rings. The number of ether oxygens (including phenoxy) is 3. The maximum absolute atomic E-state index is 12.8. The highest BCUT2D eigenvalue weighted by Crippen LogP contribution is 2.17. The van der Waals surface area contributed by atoms with Crippen molar-refractivity contribution in [3.63, 3.8) is 0 Å². The van der Waals surface area contributed by atoms with E-state index in [2.05, 4.69) is 32.9 Å². The number of hydrogen-bond donors (Lipinski definition) is 0. The number of unbranched alkanes of at least 4 members (excludes halogenated alkanes) is 38. The molecule has 1 atom stereocenters. The van der Waals surface area contributed by atoms with Crippen LogP contribution in [0.25, 0.3) is 0 Å². The third-order valence-electron chi connectivity index (χ3n) is 12.5. The number of carbonyl (C=O) groups is 3. The molecule has 0 fully saturated rings. The van der Waals surface area contributed by atoms with Crippen LogP contribution >= 0.6 is 0 Å². The average molecular weight is 875 g/mol. The summed E-state index contributed by atoms with van der Waals surface area (Å²) >= 11 is 0. The van der Waals surface area contributed by atoms with Crippen LogP contribution in [0.1, 0.15) is 310 Å². The van der Waals surface area contributed by atoms with Gasteiger partial charge >= 0.3 is 17.9 Å². The van der Waals surface area contributed by atoms with Gasteiger partial charge in [0.2, 0.25) is 0 Å². The maximum atomic E-state index is 12.8. The van der Waals surface area contributed by atoms with Gasteiger partial charge in [-0.3, -0.25) is 14.4 Å². The van der Waals surface area contributed by atoms with Crippen LogP contribution in [0.3, 0.4) is 0 Å². The molecule has 0 saturated carbocycles. The van der Waals surface area contributed by atoms with Gasteiger partial charge < -0.3 is 14.2 Å². The van der Waals surface area contributed by atoms with Gasteiger partial charge in [0, 0.05) is 19.3 Å². The van der Waals surface area contributed by atoms with Crippen molar-refractivity contribution in [3.05, 3.63) is 12.2 Å². The number of esters is 3. The van der Waals surface area contributed by atoms with E-state index in [9.17, 15) is 14.4 Å². The zero-order valence-corrected chi connectivity index (χ0v) is 41.9. The number of allylic oxidation sites excluding steroid dienone is 2. The van der Waals surface area contributed by atoms with Gasteiger partial charge in [-0.2, -0.15) is 0 Å². The normalized spacial score (nSPS) is 12.0. The largest absolute Gasteiger partial charge is 0.462 e. The van der Waals surface area contributed by atoms with Gasteiger partial charge in [-0.05, 0) is 44.9 Å². The van der Waals surface area contributed by atoms with Crippen LogP contribution in [0, 0.1) is 0 Å². The summed E-state index contributed by atoms with van der Waals surface area (Å²) in [6.07, 6.45) is 57.6. The highest BCUT2D eigenvalue weighted by molar-refractivity contribution is 5.71. The van der Waals surface area contributed by atoms with Crippen LogP contribution in [0.5, 0.6) is 0 Å². The van der Waals surface area contributed by atoms with Gasteiger partial charge in [-0.25, -0.2) is 0 Å². The van der Waals surface area contributed by atoms with Crippen molar-refractivity contribution in [2.45, 2.75) is 316 Å². The van der Waals surface area contributed by atoms with Crippen molar-refractivity contribution in [1.29, 1.82) is 0 Å². The van der Waals surface area contributed by atoms with Gasteiger partial charge in [-0.15, -0.1) is 0 Å². The molecule has 0 aliphatic carbocycles. The highest BCUT2D eigenvalue weighted by Gasteiger charge is 2.19. The predicted molar refractivity (Wildman–Crippen MR) is 266 cm³/mol. The molecule has 0 heterocycles. The second-order valence-electron chi connectivity index (χ2n) is 18.9. The number of rotatable bonds is 51. The summed E-state index contributed by atoms with van der Waals surface area (Å²) in [6.45, 7) is 6.67. The standard InChI is InChI=1S/C56H106O6/c1-4-7-10-13-16-19-22-25-27-28-29-32-34-37-40-43-46-49-55(58)61-52-53(51-60-54(57)48-45-42-39-36-33-30-24-21-18-15-12-9-6-3)62-56(59)50-47-44-41-38-35-31-26-23-20-17-14-11-8-5-2/h23,26,53H,4-22,24-25,27-52H2,1-3H3/b26-23+/t53-/m1/s1. The zero-order valence-electron chi connectivity index (χ0n) is 41.9. The lowest BCUT2D eigenvalue weighted by atomic mass is 10.0. The summed E-state index contributed by atoms with van der Waals surface area (Å²) in [5, 5.41) is 0. The summed E-state index contributed by atoms with van der Waals surface area (Å²) in [5.74, 6) is -0.855. The molecule has 0 aromatic heterocycles. The molecule has 6 heteroatoms. The Morgan fingerprint density at radius 1 is 0.306 bits per heavy atom. The quantitative estimate of drug-likeness (QED) is 0.0262. The first kappa shape index (κ1) is 60.2. The van der Waals surface area contributed by atoms with Gasteiger partial charge in [0.1, 0.15) is 13.2 Å². The average Bonchev–Trinajstić information content (AvgIpc) is 3.27. The Morgan fingerprint density at radius 3 is 0.806 bits per heavy atom. The van der Waals surface area contributed by atoms with Crippen LogP contribution in [0.15, 0.2) is 12.2 Å². The van der Waals surface area contributed by atoms with Gasteiger partial charge in [0.15, 0.2) is 6.10 Å². The molecule has 0 radical (unpaired) electrons. The molecule has 0 bridgehead atoms. The smallest absolute Gasteiger partial charge is 0.306 e. The van der Waals surface area contributed by atoms with E-state index in [-0.39, 0.29) is 31.1 Å². The second-order valence-corrected chi connectivity index (χ2v) is 18.9. The molecule has 0 aromatic carbocycles. The Balaban J connectivity index is 4.31. The van der Waals surface area contributed by atoms with Crippen LogP contribution < -0.4 is 0 Å². The Morgan fingerprint density at radius 2 is 0.532 bits per heavy atom. The van der Waals surface area contributed by atoms with Crippen LogP contribution in [0.4, 0.5) is 0 Å². The molecule has 0 N–H and O–H groups in total. The van der Waals surface area contributed by atoms with Crippen molar-refractivity contribution in [1.82, 2.24) is 0 Å². The highest BCUT2D eigenvalue weighted by atomic mass is 16.6. The van der Waals surface area contributed by atoms with Crippen molar-refractivity contribution < 1.29 is 28.6 Å². The fraction of sp³-hybridized carbons (Fsp3) is 0.911. The molecule has 0 aromatic rings. The first-order chi connectivity index (χ1) is 30.5. The topological polar surface area (TPSA) is 78.9 Å². The number of hydrogen-bond acceptors (Lipinski definition) is 6. The van der Waals surface area contributed by atoms with Gasteiger partial charge in [0.25, 0.3) is 0 Å². The lowest BCUT2D eigenvalue weighted by Crippen LogP contribution is -2.30. The van der Waals surface area contributed by atoms with E-state index in [1.165, 1.54) is 205 Å². The van der Waals surface area contributed by atoms with E-state index in [4.69, 9.17) is 14.2 Å². The molecule has 366 valence electrons. The summed E-state index contributed by atoms with van der Waals surface area (Å²) in [6, 6.07) is 0. The summed E-state index contributed by atoms with van der Waals surface area (Å²) < 4.78 is 16.8. The molecule has 0 amide bonds. The van der Waals surface area contributed by atoms with Gasteiger partial charge in [0.05, 0.1) is 0 Å². The molecule has 0 rings (SSSR count). The molecular formula is C56H106O6. The Hall–Kier alpha value is -1.85. The molecule has 0 unspecified atom stereocenters. The maximum Gasteiger partial charge on any atom is 0.306 e. The van der Waals surface area contributed by atoms with E-state index in [0.717, 1.165) is 64.2 Å². The fourth-order valence-electron chi connectivity index (χ4n) is 8.32.